The first kappa shape index (κ1) is 7.32. The van der Waals surface area contributed by atoms with Crippen molar-refractivity contribution in [1.29, 1.82) is 0 Å². The second kappa shape index (κ2) is 2.70. The second-order valence-electron chi connectivity index (χ2n) is 3.08. The highest BCUT2D eigenvalue weighted by atomic mass is 15.0. The van der Waals surface area contributed by atoms with Crippen molar-refractivity contribution in [1.82, 2.24) is 19.4 Å². The number of nitrogens with zero attached hydrogens (tertiary/aromatic N) is 3. The van der Waals surface area contributed by atoms with Gasteiger partial charge in [0.15, 0.2) is 0 Å². The summed E-state index contributed by atoms with van der Waals surface area (Å²) in [4.78, 5) is 11.2. The van der Waals surface area contributed by atoms with E-state index in [2.05, 4.69) is 15.0 Å². The first-order valence-electron chi connectivity index (χ1n) is 4.35. The molecule has 14 heavy (non-hydrogen) atoms. The molecule has 68 valence electrons. The fourth-order valence-electron chi connectivity index (χ4n) is 1.49. The fraction of sp³-hybridized carbons (Fsp3) is 0. The summed E-state index contributed by atoms with van der Waals surface area (Å²) >= 11 is 0. The van der Waals surface area contributed by atoms with Gasteiger partial charge in [0.05, 0.1) is 18.2 Å². The number of H-pyrrole nitrogens is 1. The van der Waals surface area contributed by atoms with E-state index < -0.39 is 0 Å². The third kappa shape index (κ3) is 1.01. The molecule has 3 aromatic rings. The lowest BCUT2D eigenvalue weighted by molar-refractivity contribution is 1.18. The predicted molar refractivity (Wildman–Crippen MR) is 52.8 cm³/mol. The molecule has 0 atom stereocenters. The van der Waals surface area contributed by atoms with Crippen LogP contribution in [0.5, 0.6) is 0 Å². The Balaban J connectivity index is 2.23. The van der Waals surface area contributed by atoms with Gasteiger partial charge < -0.3 is 9.38 Å². The molecule has 3 heterocycles. The lowest BCUT2D eigenvalue weighted by Gasteiger charge is -1.98. The van der Waals surface area contributed by atoms with Crippen molar-refractivity contribution < 1.29 is 0 Å². The number of fused-ring (bicyclic) bond motifs is 1. The van der Waals surface area contributed by atoms with Gasteiger partial charge in [0.1, 0.15) is 5.65 Å². The molecule has 0 aliphatic carbocycles. The quantitative estimate of drug-likeness (QED) is 0.626. The van der Waals surface area contributed by atoms with E-state index in [1.54, 1.807) is 18.7 Å². The van der Waals surface area contributed by atoms with E-state index >= 15 is 0 Å². The van der Waals surface area contributed by atoms with Crippen molar-refractivity contribution in [2.75, 3.05) is 0 Å². The third-order valence-electron chi connectivity index (χ3n) is 2.20. The number of imidazole rings is 2. The van der Waals surface area contributed by atoms with E-state index in [0.717, 1.165) is 16.9 Å². The van der Waals surface area contributed by atoms with E-state index in [0.29, 0.717) is 0 Å². The van der Waals surface area contributed by atoms with Gasteiger partial charge in [0.2, 0.25) is 0 Å². The molecule has 4 heteroatoms. The van der Waals surface area contributed by atoms with Gasteiger partial charge in [-0.05, 0) is 12.1 Å². The maximum Gasteiger partial charge on any atom is 0.136 e. The number of aromatic amines is 1. The molecule has 0 fully saturated rings. The Bertz CT molecular complexity index is 550. The maximum absolute atomic E-state index is 4.18. The third-order valence-corrected chi connectivity index (χ3v) is 2.20. The highest BCUT2D eigenvalue weighted by Gasteiger charge is 1.99. The van der Waals surface area contributed by atoms with E-state index in [9.17, 15) is 0 Å². The molecular formula is C10H8N4. The molecule has 1 N–H and O–H groups in total. The number of rotatable bonds is 1. The van der Waals surface area contributed by atoms with Crippen molar-refractivity contribution in [3.8, 4) is 11.3 Å². The average Bonchev–Trinajstić information content (AvgIpc) is 2.88. The lowest BCUT2D eigenvalue weighted by Crippen LogP contribution is -1.85. The van der Waals surface area contributed by atoms with Crippen LogP contribution in [0.4, 0.5) is 0 Å². The highest BCUT2D eigenvalue weighted by molar-refractivity contribution is 5.59. The first-order chi connectivity index (χ1) is 6.93. The van der Waals surface area contributed by atoms with Crippen LogP contribution in [0.25, 0.3) is 16.9 Å². The minimum atomic E-state index is 0.952. The molecule has 0 unspecified atom stereocenters. The minimum absolute atomic E-state index is 0.952. The number of nitrogens with one attached hydrogen (secondary N) is 1. The zero-order chi connectivity index (χ0) is 9.38. The maximum atomic E-state index is 4.18. The van der Waals surface area contributed by atoms with Crippen LogP contribution in [0.3, 0.4) is 0 Å². The molecular weight excluding hydrogens is 176 g/mol. The SMILES string of the molecule is c1cn2cc(-c3cnc[nH]3)ccc2n1. The summed E-state index contributed by atoms with van der Waals surface area (Å²) in [6.45, 7) is 0. The van der Waals surface area contributed by atoms with E-state index in [1.807, 2.05) is 28.9 Å². The Labute approximate surface area is 80.3 Å². The largest absolute Gasteiger partial charge is 0.345 e. The van der Waals surface area contributed by atoms with Crippen molar-refractivity contribution >= 4 is 5.65 Å². The van der Waals surface area contributed by atoms with Crippen LogP contribution in [0.2, 0.25) is 0 Å². The van der Waals surface area contributed by atoms with E-state index in [-0.39, 0.29) is 0 Å². The van der Waals surface area contributed by atoms with Crippen LogP contribution in [-0.4, -0.2) is 19.4 Å². The van der Waals surface area contributed by atoms with Crippen molar-refractivity contribution in [3.05, 3.63) is 43.2 Å². The fourth-order valence-corrected chi connectivity index (χ4v) is 1.49. The molecule has 3 rings (SSSR count). The molecule has 0 bridgehead atoms. The Morgan fingerprint density at radius 3 is 3.14 bits per heavy atom. The molecule has 0 aliphatic heterocycles. The monoisotopic (exact) mass is 184 g/mol. The van der Waals surface area contributed by atoms with Gasteiger partial charge >= 0.3 is 0 Å². The first-order valence-corrected chi connectivity index (χ1v) is 4.35. The van der Waals surface area contributed by atoms with Gasteiger partial charge in [-0.15, -0.1) is 0 Å². The summed E-state index contributed by atoms with van der Waals surface area (Å²) in [5.41, 5.74) is 3.07. The minimum Gasteiger partial charge on any atom is -0.345 e. The molecule has 0 saturated carbocycles. The lowest BCUT2D eigenvalue weighted by atomic mass is 10.2. The molecule has 0 spiro atoms. The summed E-state index contributed by atoms with van der Waals surface area (Å²) in [6.07, 6.45) is 9.21. The number of hydrogen-bond donors (Lipinski definition) is 1. The van der Waals surface area contributed by atoms with Crippen LogP contribution in [0.15, 0.2) is 43.2 Å². The summed E-state index contributed by atoms with van der Waals surface area (Å²) < 4.78 is 1.98. The summed E-state index contributed by atoms with van der Waals surface area (Å²) in [5, 5.41) is 0. The van der Waals surface area contributed by atoms with Gasteiger partial charge in [0.25, 0.3) is 0 Å². The van der Waals surface area contributed by atoms with E-state index in [1.165, 1.54) is 0 Å². The number of aromatic nitrogens is 4. The highest BCUT2D eigenvalue weighted by Crippen LogP contribution is 2.16. The molecule has 0 aromatic carbocycles. The normalized spacial score (nSPS) is 10.9. The molecule has 0 aliphatic rings. The van der Waals surface area contributed by atoms with Gasteiger partial charge in [-0.25, -0.2) is 9.97 Å². The molecule has 4 nitrogen and oxygen atoms in total. The summed E-state index contributed by atoms with van der Waals surface area (Å²) in [6, 6.07) is 4.01. The molecule has 0 saturated heterocycles. The van der Waals surface area contributed by atoms with E-state index in [4.69, 9.17) is 0 Å². The van der Waals surface area contributed by atoms with Gasteiger partial charge in [-0.2, -0.15) is 0 Å². The Morgan fingerprint density at radius 2 is 2.29 bits per heavy atom. The summed E-state index contributed by atoms with van der Waals surface area (Å²) in [7, 11) is 0. The Kier molecular flexibility index (Phi) is 1.41. The average molecular weight is 184 g/mol. The van der Waals surface area contributed by atoms with Crippen LogP contribution >= 0.6 is 0 Å². The molecule has 0 amide bonds. The van der Waals surface area contributed by atoms with Crippen molar-refractivity contribution in [3.63, 3.8) is 0 Å². The Morgan fingerprint density at radius 1 is 1.29 bits per heavy atom. The van der Waals surface area contributed by atoms with Crippen LogP contribution < -0.4 is 0 Å². The predicted octanol–water partition coefficient (Wildman–Crippen LogP) is 1.72. The number of pyridine rings is 1. The van der Waals surface area contributed by atoms with Crippen LogP contribution in [-0.2, 0) is 0 Å². The Hall–Kier alpha value is -2.10. The van der Waals surface area contributed by atoms with Crippen LogP contribution in [0, 0.1) is 0 Å². The zero-order valence-corrected chi connectivity index (χ0v) is 7.38. The van der Waals surface area contributed by atoms with Gasteiger partial charge in [-0.3, -0.25) is 0 Å². The van der Waals surface area contributed by atoms with Gasteiger partial charge in [-0.1, -0.05) is 0 Å². The molecule has 3 aromatic heterocycles. The molecule has 0 radical (unpaired) electrons. The topological polar surface area (TPSA) is 46.0 Å². The van der Waals surface area contributed by atoms with Gasteiger partial charge in [0, 0.05) is 24.2 Å². The number of hydrogen-bond acceptors (Lipinski definition) is 2. The smallest absolute Gasteiger partial charge is 0.136 e. The zero-order valence-electron chi connectivity index (χ0n) is 7.38. The van der Waals surface area contributed by atoms with Crippen molar-refractivity contribution in [2.24, 2.45) is 0 Å². The van der Waals surface area contributed by atoms with Crippen molar-refractivity contribution in [2.45, 2.75) is 0 Å². The summed E-state index contributed by atoms with van der Waals surface area (Å²) in [5.74, 6) is 0. The van der Waals surface area contributed by atoms with Crippen LogP contribution in [0.1, 0.15) is 0 Å². The second-order valence-corrected chi connectivity index (χ2v) is 3.08. The standard InChI is InChI=1S/C10H8N4/c1-2-10-12-3-4-14(10)6-8(1)9-5-11-7-13-9/h1-7H,(H,11,13).